The van der Waals surface area contributed by atoms with E-state index in [1.807, 2.05) is 24.3 Å². The predicted molar refractivity (Wildman–Crippen MR) is 87.9 cm³/mol. The molecule has 3 N–H and O–H groups in total. The molecule has 1 aromatic carbocycles. The molecule has 0 aliphatic carbocycles. The molecule has 0 bridgehead atoms. The highest BCUT2D eigenvalue weighted by Gasteiger charge is 2.15. The maximum absolute atomic E-state index is 11.3. The minimum atomic E-state index is -0.195. The van der Waals surface area contributed by atoms with Crippen molar-refractivity contribution in [2.75, 3.05) is 11.9 Å². The summed E-state index contributed by atoms with van der Waals surface area (Å²) in [6.07, 6.45) is 4.59. The van der Waals surface area contributed by atoms with Crippen LogP contribution in [0.25, 0.3) is 11.4 Å². The van der Waals surface area contributed by atoms with Gasteiger partial charge in [0, 0.05) is 24.2 Å². The predicted octanol–water partition coefficient (Wildman–Crippen LogP) is 1.99. The normalized spacial score (nSPS) is 13.7. The number of benzene rings is 1. The van der Waals surface area contributed by atoms with Crippen molar-refractivity contribution < 1.29 is 4.79 Å². The van der Waals surface area contributed by atoms with E-state index in [0.29, 0.717) is 0 Å². The molecule has 0 saturated carbocycles. The summed E-state index contributed by atoms with van der Waals surface area (Å²) >= 11 is 0. The second-order valence-corrected chi connectivity index (χ2v) is 5.23. The van der Waals surface area contributed by atoms with E-state index in [2.05, 4.69) is 20.1 Å². The van der Waals surface area contributed by atoms with Crippen molar-refractivity contribution in [1.82, 2.24) is 14.8 Å². The average Bonchev–Trinajstić information content (AvgIpc) is 2.76. The molecular formula is C15H20ClN5O. The number of nitrogens with two attached hydrogens (primary N) is 1. The van der Waals surface area contributed by atoms with Gasteiger partial charge in [0.05, 0.1) is 6.54 Å². The number of nitrogens with one attached hydrogen (secondary N) is 1. The number of fused-ring (bicyclic) bond motifs is 1. The molecule has 1 aromatic heterocycles. The van der Waals surface area contributed by atoms with Gasteiger partial charge in [-0.2, -0.15) is 0 Å². The average molecular weight is 322 g/mol. The van der Waals surface area contributed by atoms with Crippen LogP contribution in [0, 0.1) is 0 Å². The Labute approximate surface area is 135 Å². The van der Waals surface area contributed by atoms with Crippen molar-refractivity contribution in [3.63, 3.8) is 0 Å². The monoisotopic (exact) mass is 321 g/mol. The Morgan fingerprint density at radius 2 is 1.95 bits per heavy atom. The molecule has 3 rings (SSSR count). The van der Waals surface area contributed by atoms with Gasteiger partial charge < -0.3 is 15.6 Å². The summed E-state index contributed by atoms with van der Waals surface area (Å²) in [7, 11) is 0. The van der Waals surface area contributed by atoms with Gasteiger partial charge in [-0.3, -0.25) is 4.79 Å². The van der Waals surface area contributed by atoms with Crippen LogP contribution in [0.1, 0.15) is 25.1 Å². The third kappa shape index (κ3) is 3.45. The van der Waals surface area contributed by atoms with E-state index in [9.17, 15) is 4.79 Å². The zero-order valence-electron chi connectivity index (χ0n) is 12.3. The van der Waals surface area contributed by atoms with E-state index in [-0.39, 0.29) is 24.9 Å². The molecule has 6 nitrogen and oxygen atoms in total. The standard InChI is InChI=1S/C15H19N5O.ClH/c16-10-14(21)17-12-7-5-11(6-8-12)15-19-18-13-4-2-1-3-9-20(13)15;/h5-8H,1-4,9-10,16H2,(H,17,21);1H. The molecule has 0 fully saturated rings. The summed E-state index contributed by atoms with van der Waals surface area (Å²) in [5, 5.41) is 11.4. The summed E-state index contributed by atoms with van der Waals surface area (Å²) < 4.78 is 2.21. The topological polar surface area (TPSA) is 85.8 Å². The van der Waals surface area contributed by atoms with Crippen molar-refractivity contribution in [2.24, 2.45) is 5.73 Å². The summed E-state index contributed by atoms with van der Waals surface area (Å²) in [6, 6.07) is 7.63. The van der Waals surface area contributed by atoms with Gasteiger partial charge in [-0.1, -0.05) is 6.42 Å². The number of anilines is 1. The molecule has 0 saturated heterocycles. The van der Waals surface area contributed by atoms with Gasteiger partial charge in [0.25, 0.3) is 0 Å². The smallest absolute Gasteiger partial charge is 0.238 e. The first-order valence-electron chi connectivity index (χ1n) is 7.30. The zero-order valence-corrected chi connectivity index (χ0v) is 13.1. The van der Waals surface area contributed by atoms with E-state index >= 15 is 0 Å². The molecule has 1 aliphatic rings. The quantitative estimate of drug-likeness (QED) is 0.905. The Kier molecular flexibility index (Phi) is 5.51. The Morgan fingerprint density at radius 1 is 1.18 bits per heavy atom. The first-order chi connectivity index (χ1) is 10.3. The maximum Gasteiger partial charge on any atom is 0.238 e. The third-order valence-corrected chi connectivity index (χ3v) is 3.72. The molecule has 0 radical (unpaired) electrons. The number of halogens is 1. The zero-order chi connectivity index (χ0) is 14.7. The van der Waals surface area contributed by atoms with Crippen LogP contribution in [0.15, 0.2) is 24.3 Å². The minimum absolute atomic E-state index is 0. The number of hydrogen-bond acceptors (Lipinski definition) is 4. The van der Waals surface area contributed by atoms with Crippen molar-refractivity contribution >= 4 is 24.0 Å². The fourth-order valence-corrected chi connectivity index (χ4v) is 2.61. The molecule has 2 heterocycles. The van der Waals surface area contributed by atoms with Crippen LogP contribution in [-0.2, 0) is 17.8 Å². The lowest BCUT2D eigenvalue weighted by Gasteiger charge is -2.08. The molecule has 7 heteroatoms. The first kappa shape index (κ1) is 16.5. The number of hydrogen-bond donors (Lipinski definition) is 2. The van der Waals surface area contributed by atoms with Crippen molar-refractivity contribution in [3.8, 4) is 11.4 Å². The molecule has 1 amide bonds. The van der Waals surface area contributed by atoms with E-state index < -0.39 is 0 Å². The first-order valence-corrected chi connectivity index (χ1v) is 7.30. The van der Waals surface area contributed by atoms with Gasteiger partial charge in [-0.25, -0.2) is 0 Å². The SMILES string of the molecule is Cl.NCC(=O)Nc1ccc(-c2nnc3n2CCCCC3)cc1. The van der Waals surface area contributed by atoms with Gasteiger partial charge in [0.2, 0.25) is 5.91 Å². The lowest BCUT2D eigenvalue weighted by molar-refractivity contribution is -0.114. The molecule has 0 unspecified atom stereocenters. The fourth-order valence-electron chi connectivity index (χ4n) is 2.61. The Hall–Kier alpha value is -1.92. The number of carbonyl (C=O) groups is 1. The molecule has 1 aliphatic heterocycles. The lowest BCUT2D eigenvalue weighted by atomic mass is 10.2. The highest BCUT2D eigenvalue weighted by atomic mass is 35.5. The fraction of sp³-hybridized carbons (Fsp3) is 0.400. The number of carbonyl (C=O) groups excluding carboxylic acids is 1. The largest absolute Gasteiger partial charge is 0.325 e. The van der Waals surface area contributed by atoms with E-state index in [1.54, 1.807) is 0 Å². The van der Waals surface area contributed by atoms with Crippen LogP contribution >= 0.6 is 12.4 Å². The summed E-state index contributed by atoms with van der Waals surface area (Å²) in [5.74, 6) is 1.78. The van der Waals surface area contributed by atoms with Gasteiger partial charge in [-0.05, 0) is 37.1 Å². The summed E-state index contributed by atoms with van der Waals surface area (Å²) in [6.45, 7) is 0.961. The van der Waals surface area contributed by atoms with E-state index in [4.69, 9.17) is 5.73 Å². The van der Waals surface area contributed by atoms with Crippen molar-refractivity contribution in [2.45, 2.75) is 32.2 Å². The van der Waals surface area contributed by atoms with E-state index in [1.165, 1.54) is 19.3 Å². The van der Waals surface area contributed by atoms with Crippen LogP contribution in [0.4, 0.5) is 5.69 Å². The van der Waals surface area contributed by atoms with Crippen molar-refractivity contribution in [3.05, 3.63) is 30.1 Å². The van der Waals surface area contributed by atoms with Crippen LogP contribution in [0.5, 0.6) is 0 Å². The van der Waals surface area contributed by atoms with Crippen LogP contribution in [0.2, 0.25) is 0 Å². The van der Waals surface area contributed by atoms with Crippen LogP contribution in [0.3, 0.4) is 0 Å². The second kappa shape index (κ2) is 7.38. The van der Waals surface area contributed by atoms with E-state index in [0.717, 1.165) is 35.9 Å². The summed E-state index contributed by atoms with van der Waals surface area (Å²) in [4.78, 5) is 11.3. The number of aryl methyl sites for hydroxylation is 1. The van der Waals surface area contributed by atoms with Crippen LogP contribution < -0.4 is 11.1 Å². The Balaban J connectivity index is 0.00000176. The second-order valence-electron chi connectivity index (χ2n) is 5.23. The third-order valence-electron chi connectivity index (χ3n) is 3.72. The molecule has 2 aromatic rings. The number of nitrogens with zero attached hydrogens (tertiary/aromatic N) is 3. The minimum Gasteiger partial charge on any atom is -0.325 e. The molecule has 0 spiro atoms. The molecule has 22 heavy (non-hydrogen) atoms. The molecule has 0 atom stereocenters. The van der Waals surface area contributed by atoms with Gasteiger partial charge in [0.1, 0.15) is 5.82 Å². The molecule has 118 valence electrons. The van der Waals surface area contributed by atoms with Gasteiger partial charge >= 0.3 is 0 Å². The summed E-state index contributed by atoms with van der Waals surface area (Å²) in [5.41, 5.74) is 7.04. The van der Waals surface area contributed by atoms with Crippen LogP contribution in [-0.4, -0.2) is 27.2 Å². The highest BCUT2D eigenvalue weighted by molar-refractivity contribution is 5.92. The molecular weight excluding hydrogens is 302 g/mol. The van der Waals surface area contributed by atoms with Crippen molar-refractivity contribution in [1.29, 1.82) is 0 Å². The maximum atomic E-state index is 11.3. The van der Waals surface area contributed by atoms with Gasteiger partial charge in [-0.15, -0.1) is 22.6 Å². The number of amides is 1. The lowest BCUT2D eigenvalue weighted by Crippen LogP contribution is -2.21. The number of aromatic nitrogens is 3. The number of rotatable bonds is 3. The van der Waals surface area contributed by atoms with Gasteiger partial charge in [0.15, 0.2) is 5.82 Å². The Morgan fingerprint density at radius 3 is 2.68 bits per heavy atom. The highest BCUT2D eigenvalue weighted by Crippen LogP contribution is 2.23. The Bertz CT molecular complexity index is 638.